The molecule has 27 heavy (non-hydrogen) atoms. The molecule has 1 heterocycles. The molecule has 5 heteroatoms. The van der Waals surface area contributed by atoms with Crippen molar-refractivity contribution in [3.63, 3.8) is 0 Å². The van der Waals surface area contributed by atoms with Gasteiger partial charge in [0.2, 0.25) is 5.79 Å². The number of ether oxygens (including phenoxy) is 4. The smallest absolute Gasteiger partial charge is 0.219 e. The average Bonchev–Trinajstić information content (AvgIpc) is 3.14. The zero-order valence-electron chi connectivity index (χ0n) is 16.5. The van der Waals surface area contributed by atoms with Gasteiger partial charge in [-0.3, -0.25) is 4.79 Å². The second-order valence-electron chi connectivity index (χ2n) is 6.47. The van der Waals surface area contributed by atoms with Gasteiger partial charge in [0.25, 0.3) is 0 Å². The molecular formula is C22H28O5. The molecular weight excluding hydrogens is 344 g/mol. The first-order valence-corrected chi connectivity index (χ1v) is 8.93. The Morgan fingerprint density at radius 3 is 1.89 bits per heavy atom. The maximum atomic E-state index is 11.2. The average molecular weight is 372 g/mol. The van der Waals surface area contributed by atoms with Crippen LogP contribution < -0.4 is 0 Å². The van der Waals surface area contributed by atoms with E-state index in [-0.39, 0.29) is 12.4 Å². The van der Waals surface area contributed by atoms with Crippen molar-refractivity contribution >= 4 is 5.78 Å². The number of carbonyl (C=O) groups excluding carboxylic acids is 1. The van der Waals surface area contributed by atoms with Gasteiger partial charge in [0, 0.05) is 25.3 Å². The van der Waals surface area contributed by atoms with E-state index in [0.717, 1.165) is 11.1 Å². The first-order valence-electron chi connectivity index (χ1n) is 8.93. The minimum Gasteiger partial charge on any atom is -0.379 e. The fraction of sp³-hybridized carbons (Fsp3) is 0.409. The van der Waals surface area contributed by atoms with Gasteiger partial charge < -0.3 is 18.9 Å². The highest BCUT2D eigenvalue weighted by atomic mass is 16.8. The predicted octanol–water partition coefficient (Wildman–Crippen LogP) is 3.67. The Kier molecular flexibility index (Phi) is 8.13. The third-order valence-corrected chi connectivity index (χ3v) is 4.23. The number of methoxy groups -OCH3 is 2. The van der Waals surface area contributed by atoms with Crippen molar-refractivity contribution in [1.82, 2.24) is 0 Å². The summed E-state index contributed by atoms with van der Waals surface area (Å²) < 4.78 is 21.2. The lowest BCUT2D eigenvalue weighted by molar-refractivity contribution is -0.197. The molecule has 3 rings (SSSR count). The van der Waals surface area contributed by atoms with E-state index in [0.29, 0.717) is 25.4 Å². The molecule has 0 amide bonds. The molecule has 0 bridgehead atoms. The summed E-state index contributed by atoms with van der Waals surface area (Å²) in [5, 5.41) is 0. The molecule has 0 aliphatic carbocycles. The third kappa shape index (κ3) is 5.97. The SMILES string of the molecule is COCC(=O)c1ccc(C)cc1.COCC1(c2ccc(C)cc2)OCCO1. The molecule has 146 valence electrons. The molecule has 1 fully saturated rings. The van der Waals surface area contributed by atoms with Crippen molar-refractivity contribution < 1.29 is 23.7 Å². The van der Waals surface area contributed by atoms with Gasteiger partial charge in [0.15, 0.2) is 5.78 Å². The van der Waals surface area contributed by atoms with Crippen LogP contribution in [-0.2, 0) is 24.7 Å². The number of benzene rings is 2. The molecule has 2 aromatic carbocycles. The van der Waals surface area contributed by atoms with Crippen molar-refractivity contribution in [3.05, 3.63) is 70.8 Å². The van der Waals surface area contributed by atoms with Gasteiger partial charge in [0.05, 0.1) is 13.2 Å². The van der Waals surface area contributed by atoms with Crippen molar-refractivity contribution in [2.75, 3.05) is 40.6 Å². The number of rotatable bonds is 6. The van der Waals surface area contributed by atoms with Crippen LogP contribution in [0.4, 0.5) is 0 Å². The Morgan fingerprint density at radius 1 is 0.889 bits per heavy atom. The molecule has 1 aliphatic rings. The fourth-order valence-corrected chi connectivity index (χ4v) is 2.74. The van der Waals surface area contributed by atoms with E-state index in [2.05, 4.69) is 19.1 Å². The van der Waals surface area contributed by atoms with Crippen LogP contribution in [0.5, 0.6) is 0 Å². The van der Waals surface area contributed by atoms with Crippen LogP contribution in [0.2, 0.25) is 0 Å². The van der Waals surface area contributed by atoms with Crippen molar-refractivity contribution in [3.8, 4) is 0 Å². The van der Waals surface area contributed by atoms with E-state index < -0.39 is 5.79 Å². The summed E-state index contributed by atoms with van der Waals surface area (Å²) >= 11 is 0. The van der Waals surface area contributed by atoms with Gasteiger partial charge in [0.1, 0.15) is 13.2 Å². The zero-order valence-corrected chi connectivity index (χ0v) is 16.5. The standard InChI is InChI=1S/C12H16O3.C10H12O2/c1-10-3-5-11(6-4-10)12(9-13-2)14-7-8-15-12;1-8-3-5-9(6-4-8)10(11)7-12-2/h3-6H,7-9H2,1-2H3;3-6H,7H2,1-2H3. The number of aryl methyl sites for hydroxylation is 2. The molecule has 0 spiro atoms. The Bertz CT molecular complexity index is 700. The van der Waals surface area contributed by atoms with Crippen LogP contribution in [0.3, 0.4) is 0 Å². The predicted molar refractivity (Wildman–Crippen MR) is 104 cm³/mol. The normalized spacial score (nSPS) is 15.1. The number of Topliss-reactive ketones (excluding diaryl/α,β-unsaturated/α-hetero) is 1. The molecule has 5 nitrogen and oxygen atoms in total. The maximum absolute atomic E-state index is 11.2. The van der Waals surface area contributed by atoms with Crippen LogP contribution in [-0.4, -0.2) is 46.4 Å². The van der Waals surface area contributed by atoms with Crippen LogP contribution in [0.25, 0.3) is 0 Å². The highest BCUT2D eigenvalue weighted by molar-refractivity contribution is 5.97. The number of hydrogen-bond acceptors (Lipinski definition) is 5. The lowest BCUT2D eigenvalue weighted by Gasteiger charge is -2.26. The van der Waals surface area contributed by atoms with E-state index in [4.69, 9.17) is 18.9 Å². The monoisotopic (exact) mass is 372 g/mol. The van der Waals surface area contributed by atoms with Gasteiger partial charge in [-0.15, -0.1) is 0 Å². The second kappa shape index (κ2) is 10.3. The van der Waals surface area contributed by atoms with Crippen molar-refractivity contribution in [2.24, 2.45) is 0 Å². The molecule has 0 aromatic heterocycles. The summed E-state index contributed by atoms with van der Waals surface area (Å²) in [5.41, 5.74) is 4.11. The van der Waals surface area contributed by atoms with E-state index in [1.54, 1.807) is 7.11 Å². The van der Waals surface area contributed by atoms with E-state index in [9.17, 15) is 4.79 Å². The molecule has 0 radical (unpaired) electrons. The van der Waals surface area contributed by atoms with E-state index in [1.807, 2.05) is 43.3 Å². The minimum atomic E-state index is -0.692. The molecule has 1 aliphatic heterocycles. The quantitative estimate of drug-likeness (QED) is 0.724. The Balaban J connectivity index is 0.000000199. The van der Waals surface area contributed by atoms with Crippen LogP contribution in [0, 0.1) is 13.8 Å². The summed E-state index contributed by atoms with van der Waals surface area (Å²) in [6.07, 6.45) is 0. The number of ketones is 1. The third-order valence-electron chi connectivity index (χ3n) is 4.23. The highest BCUT2D eigenvalue weighted by Gasteiger charge is 2.38. The Morgan fingerprint density at radius 2 is 1.41 bits per heavy atom. The summed E-state index contributed by atoms with van der Waals surface area (Å²) in [6.45, 7) is 5.88. The van der Waals surface area contributed by atoms with Gasteiger partial charge in [-0.25, -0.2) is 0 Å². The van der Waals surface area contributed by atoms with Gasteiger partial charge in [-0.1, -0.05) is 59.7 Å². The molecule has 1 saturated heterocycles. The fourth-order valence-electron chi connectivity index (χ4n) is 2.74. The topological polar surface area (TPSA) is 54.0 Å². The molecule has 2 aromatic rings. The lowest BCUT2D eigenvalue weighted by Crippen LogP contribution is -2.32. The van der Waals surface area contributed by atoms with Gasteiger partial charge >= 0.3 is 0 Å². The maximum Gasteiger partial charge on any atom is 0.219 e. The molecule has 0 N–H and O–H groups in total. The molecule has 0 unspecified atom stereocenters. The van der Waals surface area contributed by atoms with Crippen LogP contribution in [0.15, 0.2) is 48.5 Å². The van der Waals surface area contributed by atoms with Crippen molar-refractivity contribution in [1.29, 1.82) is 0 Å². The van der Waals surface area contributed by atoms with E-state index >= 15 is 0 Å². The molecule has 0 saturated carbocycles. The highest BCUT2D eigenvalue weighted by Crippen LogP contribution is 2.31. The largest absolute Gasteiger partial charge is 0.379 e. The molecule has 0 atom stereocenters. The van der Waals surface area contributed by atoms with Gasteiger partial charge in [-0.2, -0.15) is 0 Å². The van der Waals surface area contributed by atoms with Crippen LogP contribution in [0.1, 0.15) is 27.0 Å². The van der Waals surface area contributed by atoms with Crippen LogP contribution >= 0.6 is 0 Å². The minimum absolute atomic E-state index is 0.0255. The Labute approximate surface area is 161 Å². The lowest BCUT2D eigenvalue weighted by atomic mass is 10.0. The summed E-state index contributed by atoms with van der Waals surface area (Å²) in [5.74, 6) is -0.667. The number of carbonyl (C=O) groups is 1. The second-order valence-corrected chi connectivity index (χ2v) is 6.47. The summed E-state index contributed by atoms with van der Waals surface area (Å²) in [7, 11) is 3.17. The Hall–Kier alpha value is -2.05. The van der Waals surface area contributed by atoms with Crippen molar-refractivity contribution in [2.45, 2.75) is 19.6 Å². The number of hydrogen-bond donors (Lipinski definition) is 0. The van der Waals surface area contributed by atoms with Gasteiger partial charge in [-0.05, 0) is 13.8 Å². The summed E-state index contributed by atoms with van der Waals surface area (Å²) in [6, 6.07) is 15.6. The first-order chi connectivity index (χ1) is 13.0. The van der Waals surface area contributed by atoms with E-state index in [1.165, 1.54) is 12.7 Å². The summed E-state index contributed by atoms with van der Waals surface area (Å²) in [4.78, 5) is 11.2. The zero-order chi connectivity index (χ0) is 19.7. The first kappa shape index (κ1) is 21.3.